The summed E-state index contributed by atoms with van der Waals surface area (Å²) in [7, 11) is 1.80. The maximum atomic E-state index is 14.0. The van der Waals surface area contributed by atoms with E-state index in [4.69, 9.17) is 0 Å². The van der Waals surface area contributed by atoms with Crippen molar-refractivity contribution in [1.82, 2.24) is 20.4 Å². The first-order valence-corrected chi connectivity index (χ1v) is 19.6. The molecule has 1 heterocycles. The van der Waals surface area contributed by atoms with Gasteiger partial charge < -0.3 is 25.7 Å². The number of hydrogen-bond acceptors (Lipinski definition) is 6. The number of rotatable bonds is 19. The molecule has 2 aromatic carbocycles. The Kier molecular flexibility index (Phi) is 16.4. The van der Waals surface area contributed by atoms with Crippen LogP contribution >= 0.6 is 0 Å². The van der Waals surface area contributed by atoms with Crippen LogP contribution in [0.15, 0.2) is 54.6 Å². The molecule has 0 radical (unpaired) electrons. The van der Waals surface area contributed by atoms with Gasteiger partial charge in [0.2, 0.25) is 17.7 Å². The summed E-state index contributed by atoms with van der Waals surface area (Å²) >= 11 is 0. The summed E-state index contributed by atoms with van der Waals surface area (Å²) in [6.45, 7) is 9.11. The van der Waals surface area contributed by atoms with Crippen molar-refractivity contribution in [3.8, 4) is 0 Å². The van der Waals surface area contributed by atoms with E-state index in [9.17, 15) is 24.6 Å². The zero-order chi connectivity index (χ0) is 36.8. The molecule has 51 heavy (non-hydrogen) atoms. The maximum Gasteiger partial charge on any atom is 0.242 e. The molecule has 3 amide bonds. The summed E-state index contributed by atoms with van der Waals surface area (Å²) in [5.41, 5.74) is 3.68. The van der Waals surface area contributed by atoms with Gasteiger partial charge in [0, 0.05) is 39.6 Å². The predicted molar refractivity (Wildman–Crippen MR) is 203 cm³/mol. The van der Waals surface area contributed by atoms with Gasteiger partial charge in [-0.25, -0.2) is 0 Å². The van der Waals surface area contributed by atoms with Crippen molar-refractivity contribution in [2.45, 2.75) is 129 Å². The summed E-state index contributed by atoms with van der Waals surface area (Å²) in [6.07, 6.45) is 7.02. The zero-order valence-electron chi connectivity index (χ0n) is 31.6. The second-order valence-corrected chi connectivity index (χ2v) is 15.6. The van der Waals surface area contributed by atoms with Crippen LogP contribution in [-0.4, -0.2) is 88.7 Å². The van der Waals surface area contributed by atoms with Crippen LogP contribution in [0.3, 0.4) is 0 Å². The van der Waals surface area contributed by atoms with E-state index in [0.29, 0.717) is 44.6 Å². The number of carbonyl (C=O) groups is 3. The van der Waals surface area contributed by atoms with E-state index in [1.165, 1.54) is 17.5 Å². The largest absolute Gasteiger partial charge is 0.390 e. The number of nitrogens with zero attached hydrogens (tertiary/aromatic N) is 2. The molecular weight excluding hydrogens is 640 g/mol. The third-order valence-electron chi connectivity index (χ3n) is 10.9. The van der Waals surface area contributed by atoms with Crippen LogP contribution in [0.5, 0.6) is 0 Å². The summed E-state index contributed by atoms with van der Waals surface area (Å²) < 4.78 is 0. The molecular formula is C42H64N4O5. The van der Waals surface area contributed by atoms with Gasteiger partial charge >= 0.3 is 0 Å². The highest BCUT2D eigenvalue weighted by atomic mass is 16.3. The fourth-order valence-corrected chi connectivity index (χ4v) is 7.77. The molecule has 1 aliphatic carbocycles. The van der Waals surface area contributed by atoms with E-state index in [1.807, 2.05) is 51.1 Å². The molecule has 0 aromatic heterocycles. The molecule has 4 rings (SSSR count). The number of aliphatic hydroxyl groups excluding tert-OH is 2. The van der Waals surface area contributed by atoms with Crippen LogP contribution in [0.2, 0.25) is 0 Å². The lowest BCUT2D eigenvalue weighted by molar-refractivity contribution is -0.137. The number of carbonyl (C=O) groups excluding carboxylic acids is 3. The number of aliphatic hydroxyl groups is 2. The molecule has 2 aromatic rings. The summed E-state index contributed by atoms with van der Waals surface area (Å²) in [5, 5.41) is 28.2. The van der Waals surface area contributed by atoms with E-state index >= 15 is 0 Å². The van der Waals surface area contributed by atoms with Gasteiger partial charge in [-0.2, -0.15) is 0 Å². The van der Waals surface area contributed by atoms with Crippen molar-refractivity contribution in [2.75, 3.05) is 26.7 Å². The normalized spacial score (nSPS) is 18.3. The Bertz CT molecular complexity index is 1360. The summed E-state index contributed by atoms with van der Waals surface area (Å²) in [5.74, 6) is -0.882. The number of fused-ring (bicyclic) bond motifs is 1. The molecule has 9 nitrogen and oxygen atoms in total. The first-order chi connectivity index (χ1) is 24.5. The summed E-state index contributed by atoms with van der Waals surface area (Å²) in [6, 6.07) is 16.8. The minimum atomic E-state index is -1.10. The SMILES string of the molecule is CCC[C@H](NC(=O)C(CC(=O)N(C)CCN1CCc2ccccc2C1)Cc1ccccc1)C(=O)N[C@@H](CC1CCCCC1)C(O)[C@@H](O)CC(C)C. The number of likely N-dealkylation sites (N-methyl/N-ethyl adjacent to an activating group) is 1. The second-order valence-electron chi connectivity index (χ2n) is 15.6. The van der Waals surface area contributed by atoms with Crippen molar-refractivity contribution >= 4 is 17.7 Å². The number of amides is 3. The minimum Gasteiger partial charge on any atom is -0.390 e. The molecule has 5 atom stereocenters. The fourth-order valence-electron chi connectivity index (χ4n) is 7.77. The van der Waals surface area contributed by atoms with E-state index in [2.05, 4.69) is 39.8 Å². The van der Waals surface area contributed by atoms with Crippen LogP contribution < -0.4 is 10.6 Å². The summed E-state index contributed by atoms with van der Waals surface area (Å²) in [4.78, 5) is 45.6. The van der Waals surface area contributed by atoms with Gasteiger partial charge in [0.25, 0.3) is 0 Å². The Labute approximate surface area is 306 Å². The molecule has 4 N–H and O–H groups in total. The van der Waals surface area contributed by atoms with Crippen molar-refractivity contribution in [3.63, 3.8) is 0 Å². The standard InChI is InChI=1S/C42H64N4O5/c1-5-14-36(42(51)44-37(27-32-17-10-7-11-18-32)40(49)38(47)25-30(2)3)43-41(50)35(26-31-15-8-6-9-16-31)28-39(48)45(4)23-24-46-22-21-33-19-12-13-20-34(33)29-46/h6,8-9,12-13,15-16,19-20,30,32,35-38,40,47,49H,5,7,10-11,14,17-18,21-29H2,1-4H3,(H,43,50)(H,44,51)/t35?,36-,37-,38-,40?/m0/s1. The number of benzene rings is 2. The Morgan fingerprint density at radius 1 is 0.922 bits per heavy atom. The quantitative estimate of drug-likeness (QED) is 0.158. The van der Waals surface area contributed by atoms with E-state index in [0.717, 1.165) is 57.3 Å². The fraction of sp³-hybridized carbons (Fsp3) is 0.643. The first-order valence-electron chi connectivity index (χ1n) is 19.6. The predicted octanol–water partition coefficient (Wildman–Crippen LogP) is 5.26. The van der Waals surface area contributed by atoms with Gasteiger partial charge in [0.1, 0.15) is 12.1 Å². The lowest BCUT2D eigenvalue weighted by atomic mass is 9.82. The smallest absolute Gasteiger partial charge is 0.242 e. The van der Waals surface area contributed by atoms with Crippen LogP contribution in [-0.2, 0) is 33.8 Å². The average Bonchev–Trinajstić information content (AvgIpc) is 3.13. The van der Waals surface area contributed by atoms with Gasteiger partial charge in [-0.1, -0.05) is 114 Å². The van der Waals surface area contributed by atoms with Crippen LogP contribution in [0, 0.1) is 17.8 Å². The molecule has 282 valence electrons. The van der Waals surface area contributed by atoms with Gasteiger partial charge in [-0.15, -0.1) is 0 Å². The molecule has 2 unspecified atom stereocenters. The third-order valence-corrected chi connectivity index (χ3v) is 10.9. The average molecular weight is 705 g/mol. The molecule has 1 saturated carbocycles. The van der Waals surface area contributed by atoms with E-state index < -0.39 is 30.2 Å². The topological polar surface area (TPSA) is 122 Å². The first kappa shape index (κ1) is 40.5. The van der Waals surface area contributed by atoms with Crippen molar-refractivity contribution in [3.05, 3.63) is 71.3 Å². The minimum absolute atomic E-state index is 0.0327. The molecule has 1 fully saturated rings. The zero-order valence-corrected chi connectivity index (χ0v) is 31.6. The van der Waals surface area contributed by atoms with E-state index in [-0.39, 0.29) is 30.1 Å². The molecule has 0 saturated heterocycles. The van der Waals surface area contributed by atoms with Gasteiger partial charge in [0.15, 0.2) is 0 Å². The van der Waals surface area contributed by atoms with Crippen molar-refractivity contribution in [2.24, 2.45) is 17.8 Å². The second kappa shape index (κ2) is 20.7. The molecule has 0 bridgehead atoms. The Morgan fingerprint density at radius 3 is 2.29 bits per heavy atom. The van der Waals surface area contributed by atoms with Crippen LogP contribution in [0.25, 0.3) is 0 Å². The highest BCUT2D eigenvalue weighted by molar-refractivity contribution is 5.91. The Morgan fingerprint density at radius 2 is 1.61 bits per heavy atom. The molecule has 0 spiro atoms. The monoisotopic (exact) mass is 704 g/mol. The lowest BCUT2D eigenvalue weighted by Gasteiger charge is -2.34. The van der Waals surface area contributed by atoms with Gasteiger partial charge in [-0.05, 0) is 60.6 Å². The van der Waals surface area contributed by atoms with Crippen molar-refractivity contribution < 1.29 is 24.6 Å². The number of nitrogens with one attached hydrogen (secondary N) is 2. The maximum absolute atomic E-state index is 14.0. The van der Waals surface area contributed by atoms with Crippen molar-refractivity contribution in [1.29, 1.82) is 0 Å². The molecule has 1 aliphatic heterocycles. The van der Waals surface area contributed by atoms with Crippen LogP contribution in [0.4, 0.5) is 0 Å². The lowest BCUT2D eigenvalue weighted by Crippen LogP contribution is -2.56. The number of hydrogen-bond donors (Lipinski definition) is 4. The third kappa shape index (κ3) is 13.0. The van der Waals surface area contributed by atoms with Gasteiger partial charge in [-0.3, -0.25) is 19.3 Å². The van der Waals surface area contributed by atoms with Crippen LogP contribution in [0.1, 0.15) is 102 Å². The highest BCUT2D eigenvalue weighted by Crippen LogP contribution is 2.29. The Hall–Kier alpha value is -3.27. The van der Waals surface area contributed by atoms with Gasteiger partial charge in [0.05, 0.1) is 18.1 Å². The van der Waals surface area contributed by atoms with E-state index in [1.54, 1.807) is 11.9 Å². The Balaban J connectivity index is 1.41. The molecule has 2 aliphatic rings. The highest BCUT2D eigenvalue weighted by Gasteiger charge is 2.34. The molecule has 9 heteroatoms.